The predicted octanol–water partition coefficient (Wildman–Crippen LogP) is 1.17. The van der Waals surface area contributed by atoms with Gasteiger partial charge in [-0.05, 0) is 43.0 Å². The number of carbonyl (C=O) groups is 1. The summed E-state index contributed by atoms with van der Waals surface area (Å²) in [6, 6.07) is 8.70. The number of hydrogen-bond acceptors (Lipinski definition) is 4. The summed E-state index contributed by atoms with van der Waals surface area (Å²) in [6.45, 7) is 1.45. The summed E-state index contributed by atoms with van der Waals surface area (Å²) in [5, 5.41) is 17.8. The van der Waals surface area contributed by atoms with Crippen LogP contribution in [0.2, 0.25) is 0 Å². The summed E-state index contributed by atoms with van der Waals surface area (Å²) in [5.74, 6) is 0.697. The van der Waals surface area contributed by atoms with Crippen molar-refractivity contribution < 1.29 is 14.6 Å². The lowest BCUT2D eigenvalue weighted by Gasteiger charge is -2.31. The van der Waals surface area contributed by atoms with E-state index in [2.05, 4.69) is 0 Å². The van der Waals surface area contributed by atoms with Gasteiger partial charge in [0.1, 0.15) is 5.75 Å². The number of aliphatic hydroxyl groups excluding tert-OH is 1. The molecule has 1 heterocycles. The number of ether oxygens (including phenoxy) is 1. The second-order valence-corrected chi connectivity index (χ2v) is 4.96. The molecule has 1 amide bonds. The highest BCUT2D eigenvalue weighted by Gasteiger charge is 2.23. The Labute approximate surface area is 118 Å². The molecular weight excluding hydrogens is 256 g/mol. The fourth-order valence-electron chi connectivity index (χ4n) is 2.30. The summed E-state index contributed by atoms with van der Waals surface area (Å²) in [4.78, 5) is 13.8. The SMILES string of the molecule is N#Cc1ccc(OCC(=O)N2CCCC(CO)C2)cc1. The van der Waals surface area contributed by atoms with Gasteiger partial charge in [-0.25, -0.2) is 0 Å². The summed E-state index contributed by atoms with van der Waals surface area (Å²) in [5.41, 5.74) is 0.561. The van der Waals surface area contributed by atoms with Crippen LogP contribution in [0.1, 0.15) is 18.4 Å². The number of nitrogens with zero attached hydrogens (tertiary/aromatic N) is 2. The van der Waals surface area contributed by atoms with Crippen molar-refractivity contribution in [3.8, 4) is 11.8 Å². The zero-order chi connectivity index (χ0) is 14.4. The first-order valence-corrected chi connectivity index (χ1v) is 6.74. The van der Waals surface area contributed by atoms with Crippen LogP contribution >= 0.6 is 0 Å². The maximum atomic E-state index is 12.0. The maximum absolute atomic E-state index is 12.0. The third-order valence-electron chi connectivity index (χ3n) is 3.48. The van der Waals surface area contributed by atoms with Gasteiger partial charge in [-0.2, -0.15) is 5.26 Å². The number of amides is 1. The zero-order valence-electron chi connectivity index (χ0n) is 11.3. The van der Waals surface area contributed by atoms with E-state index < -0.39 is 0 Å². The van der Waals surface area contributed by atoms with Crippen LogP contribution in [-0.2, 0) is 4.79 Å². The molecule has 0 radical (unpaired) electrons. The van der Waals surface area contributed by atoms with Crippen molar-refractivity contribution >= 4 is 5.91 Å². The highest BCUT2D eigenvalue weighted by Crippen LogP contribution is 2.16. The Morgan fingerprint density at radius 3 is 2.85 bits per heavy atom. The summed E-state index contributed by atoms with van der Waals surface area (Å²) in [6.07, 6.45) is 1.89. The van der Waals surface area contributed by atoms with E-state index in [9.17, 15) is 4.79 Å². The first kappa shape index (κ1) is 14.4. The van der Waals surface area contributed by atoms with Crippen LogP contribution in [-0.4, -0.2) is 42.2 Å². The van der Waals surface area contributed by atoms with Crippen LogP contribution < -0.4 is 4.74 Å². The maximum Gasteiger partial charge on any atom is 0.260 e. The second-order valence-electron chi connectivity index (χ2n) is 4.96. The topological polar surface area (TPSA) is 73.6 Å². The van der Waals surface area contributed by atoms with Crippen LogP contribution in [0, 0.1) is 17.2 Å². The summed E-state index contributed by atoms with van der Waals surface area (Å²) >= 11 is 0. The fraction of sp³-hybridized carbons (Fsp3) is 0.467. The quantitative estimate of drug-likeness (QED) is 0.894. The van der Waals surface area contributed by atoms with E-state index in [-0.39, 0.29) is 25.0 Å². The van der Waals surface area contributed by atoms with Gasteiger partial charge in [0.15, 0.2) is 6.61 Å². The number of rotatable bonds is 4. The Morgan fingerprint density at radius 2 is 2.20 bits per heavy atom. The molecule has 1 atom stereocenters. The largest absolute Gasteiger partial charge is 0.484 e. The molecule has 0 spiro atoms. The van der Waals surface area contributed by atoms with Crippen molar-refractivity contribution in [2.45, 2.75) is 12.8 Å². The normalized spacial score (nSPS) is 18.4. The molecule has 0 aromatic heterocycles. The molecular formula is C15H18N2O3. The van der Waals surface area contributed by atoms with E-state index in [4.69, 9.17) is 15.1 Å². The van der Waals surface area contributed by atoms with Crippen molar-refractivity contribution in [2.75, 3.05) is 26.3 Å². The molecule has 0 saturated carbocycles. The number of piperidine rings is 1. The molecule has 0 bridgehead atoms. The third-order valence-corrected chi connectivity index (χ3v) is 3.48. The lowest BCUT2D eigenvalue weighted by molar-refractivity contribution is -0.135. The van der Waals surface area contributed by atoms with Crippen molar-refractivity contribution in [3.05, 3.63) is 29.8 Å². The first-order valence-electron chi connectivity index (χ1n) is 6.74. The molecule has 1 fully saturated rings. The predicted molar refractivity (Wildman–Crippen MR) is 73.0 cm³/mol. The van der Waals surface area contributed by atoms with Crippen LogP contribution in [0.25, 0.3) is 0 Å². The molecule has 1 aromatic rings. The minimum atomic E-state index is -0.0625. The number of nitriles is 1. The Bertz CT molecular complexity index is 493. The smallest absolute Gasteiger partial charge is 0.260 e. The van der Waals surface area contributed by atoms with E-state index in [0.29, 0.717) is 17.9 Å². The van der Waals surface area contributed by atoms with Crippen LogP contribution in [0.3, 0.4) is 0 Å². The van der Waals surface area contributed by atoms with E-state index >= 15 is 0 Å². The number of aliphatic hydroxyl groups is 1. The first-order chi connectivity index (χ1) is 9.72. The molecule has 1 saturated heterocycles. The minimum Gasteiger partial charge on any atom is -0.484 e. The molecule has 1 aliphatic rings. The molecule has 0 aliphatic carbocycles. The standard InChI is InChI=1S/C15H18N2O3/c16-8-12-3-5-14(6-4-12)20-11-15(19)17-7-1-2-13(9-17)10-18/h3-6,13,18H,1-2,7,9-11H2. The average molecular weight is 274 g/mol. The van der Waals surface area contributed by atoms with Gasteiger partial charge in [-0.1, -0.05) is 0 Å². The van der Waals surface area contributed by atoms with Crippen molar-refractivity contribution in [1.29, 1.82) is 5.26 Å². The van der Waals surface area contributed by atoms with Gasteiger partial charge in [0.2, 0.25) is 0 Å². The molecule has 5 heteroatoms. The Morgan fingerprint density at radius 1 is 1.45 bits per heavy atom. The molecule has 1 N–H and O–H groups in total. The second kappa shape index (κ2) is 6.92. The lowest BCUT2D eigenvalue weighted by Crippen LogP contribution is -2.43. The number of hydrogen-bond donors (Lipinski definition) is 1. The van der Waals surface area contributed by atoms with E-state index in [1.807, 2.05) is 6.07 Å². The molecule has 1 aromatic carbocycles. The summed E-state index contributed by atoms with van der Waals surface area (Å²) < 4.78 is 5.43. The highest BCUT2D eigenvalue weighted by molar-refractivity contribution is 5.77. The fourth-order valence-corrected chi connectivity index (χ4v) is 2.30. The Kier molecular flexibility index (Phi) is 4.97. The van der Waals surface area contributed by atoms with Gasteiger partial charge in [0, 0.05) is 19.7 Å². The van der Waals surface area contributed by atoms with Gasteiger partial charge in [0.25, 0.3) is 5.91 Å². The molecule has 2 rings (SSSR count). The van der Waals surface area contributed by atoms with Gasteiger partial charge < -0.3 is 14.7 Å². The van der Waals surface area contributed by atoms with E-state index in [1.54, 1.807) is 29.2 Å². The van der Waals surface area contributed by atoms with Gasteiger partial charge >= 0.3 is 0 Å². The Hall–Kier alpha value is -2.06. The van der Waals surface area contributed by atoms with Crippen LogP contribution in [0.5, 0.6) is 5.75 Å². The lowest BCUT2D eigenvalue weighted by atomic mass is 9.99. The van der Waals surface area contributed by atoms with Crippen LogP contribution in [0.4, 0.5) is 0 Å². The van der Waals surface area contributed by atoms with E-state index in [0.717, 1.165) is 19.4 Å². The zero-order valence-corrected chi connectivity index (χ0v) is 11.3. The molecule has 20 heavy (non-hydrogen) atoms. The Balaban J connectivity index is 1.83. The molecule has 1 unspecified atom stereocenters. The molecule has 5 nitrogen and oxygen atoms in total. The van der Waals surface area contributed by atoms with Crippen molar-refractivity contribution in [2.24, 2.45) is 5.92 Å². The van der Waals surface area contributed by atoms with Gasteiger partial charge in [0.05, 0.1) is 11.6 Å². The monoisotopic (exact) mass is 274 g/mol. The van der Waals surface area contributed by atoms with E-state index in [1.165, 1.54) is 0 Å². The van der Waals surface area contributed by atoms with Crippen LogP contribution in [0.15, 0.2) is 24.3 Å². The molecule has 1 aliphatic heterocycles. The van der Waals surface area contributed by atoms with Crippen molar-refractivity contribution in [3.63, 3.8) is 0 Å². The minimum absolute atomic E-state index is 0.00987. The van der Waals surface area contributed by atoms with Gasteiger partial charge in [-0.3, -0.25) is 4.79 Å². The molecule has 106 valence electrons. The van der Waals surface area contributed by atoms with Gasteiger partial charge in [-0.15, -0.1) is 0 Å². The third kappa shape index (κ3) is 3.72. The number of benzene rings is 1. The number of carbonyl (C=O) groups excluding carboxylic acids is 1. The van der Waals surface area contributed by atoms with Crippen molar-refractivity contribution in [1.82, 2.24) is 4.90 Å². The highest BCUT2D eigenvalue weighted by atomic mass is 16.5. The number of likely N-dealkylation sites (tertiary alicyclic amines) is 1. The summed E-state index contributed by atoms with van der Waals surface area (Å²) in [7, 11) is 0. The average Bonchev–Trinajstić information content (AvgIpc) is 2.53.